The zero-order valence-electron chi connectivity index (χ0n) is 15.2. The van der Waals surface area contributed by atoms with Crippen LogP contribution in [0.1, 0.15) is 19.8 Å². The monoisotopic (exact) mass is 396 g/mol. The number of hydrogen-bond acceptors (Lipinski definition) is 6. The van der Waals surface area contributed by atoms with Crippen molar-refractivity contribution in [1.29, 1.82) is 0 Å². The number of Topliss-reactive ketones (excluding diaryl/α,β-unsaturated/α-hetero) is 1. The number of ether oxygens (including phenoxy) is 1. The van der Waals surface area contributed by atoms with E-state index in [0.717, 1.165) is 0 Å². The van der Waals surface area contributed by atoms with Crippen LogP contribution in [-0.2, 0) is 14.3 Å². The highest BCUT2D eigenvalue weighted by atomic mass is 35.5. The fourth-order valence-electron chi connectivity index (χ4n) is 5.00. The summed E-state index contributed by atoms with van der Waals surface area (Å²) in [6, 6.07) is 0. The summed E-state index contributed by atoms with van der Waals surface area (Å²) < 4.78 is 5.56. The van der Waals surface area contributed by atoms with Gasteiger partial charge < -0.3 is 20.1 Å². The average molecular weight is 397 g/mol. The summed E-state index contributed by atoms with van der Waals surface area (Å²) in [6.45, 7) is 9.28. The molecule has 1 saturated heterocycles. The molecule has 0 amide bonds. The third-order valence-electron chi connectivity index (χ3n) is 6.46. The van der Waals surface area contributed by atoms with Gasteiger partial charge in [0.2, 0.25) is 0 Å². The SMILES string of the molecule is C=C1C(=O)O[C@H]2[C@@H]1[C@@H](C(=O)/C(C)=C/CO)CC(=C)[C@@H]1C[C@H](O)[C@](O)(CCl)[C@H]21. The molecule has 0 aromatic heterocycles. The predicted octanol–water partition coefficient (Wildman–Crippen LogP) is 1.13. The lowest BCUT2D eigenvalue weighted by molar-refractivity contribution is -0.151. The topological polar surface area (TPSA) is 104 Å². The van der Waals surface area contributed by atoms with Gasteiger partial charge in [0.1, 0.15) is 11.7 Å². The van der Waals surface area contributed by atoms with Crippen LogP contribution < -0.4 is 0 Å². The van der Waals surface area contributed by atoms with Gasteiger partial charge in [-0.1, -0.05) is 24.8 Å². The van der Waals surface area contributed by atoms with E-state index in [4.69, 9.17) is 21.4 Å². The van der Waals surface area contributed by atoms with Gasteiger partial charge >= 0.3 is 5.97 Å². The molecule has 0 bridgehead atoms. The van der Waals surface area contributed by atoms with Crippen molar-refractivity contribution >= 4 is 23.4 Å². The largest absolute Gasteiger partial charge is 0.458 e. The number of aliphatic hydroxyl groups excluding tert-OH is 2. The summed E-state index contributed by atoms with van der Waals surface area (Å²) in [5.74, 6) is -3.30. The minimum atomic E-state index is -1.64. The van der Waals surface area contributed by atoms with Gasteiger partial charge in [0.25, 0.3) is 0 Å². The summed E-state index contributed by atoms with van der Waals surface area (Å²) in [4.78, 5) is 25.3. The highest BCUT2D eigenvalue weighted by Crippen LogP contribution is 2.56. The van der Waals surface area contributed by atoms with Crippen LogP contribution in [0.4, 0.5) is 0 Å². The van der Waals surface area contributed by atoms with E-state index >= 15 is 0 Å². The maximum Gasteiger partial charge on any atom is 0.334 e. The molecule has 2 aliphatic carbocycles. The number of ketones is 1. The van der Waals surface area contributed by atoms with E-state index in [0.29, 0.717) is 17.6 Å². The fourth-order valence-corrected chi connectivity index (χ4v) is 5.35. The molecule has 3 N–H and O–H groups in total. The van der Waals surface area contributed by atoms with E-state index in [1.165, 1.54) is 6.08 Å². The molecular weight excluding hydrogens is 372 g/mol. The number of alkyl halides is 1. The van der Waals surface area contributed by atoms with Crippen LogP contribution in [0.2, 0.25) is 0 Å². The molecule has 148 valence electrons. The van der Waals surface area contributed by atoms with Gasteiger partial charge in [-0.3, -0.25) is 4.79 Å². The van der Waals surface area contributed by atoms with Gasteiger partial charge in [-0.05, 0) is 31.3 Å². The molecule has 6 nitrogen and oxygen atoms in total. The molecule has 0 aromatic rings. The molecule has 0 aromatic carbocycles. The zero-order chi connectivity index (χ0) is 20.1. The van der Waals surface area contributed by atoms with Gasteiger partial charge in [0.15, 0.2) is 5.78 Å². The van der Waals surface area contributed by atoms with Crippen LogP contribution >= 0.6 is 11.6 Å². The first-order valence-corrected chi connectivity index (χ1v) is 9.56. The predicted molar refractivity (Wildman–Crippen MR) is 98.9 cm³/mol. The third kappa shape index (κ3) is 2.99. The smallest absolute Gasteiger partial charge is 0.334 e. The number of carbonyl (C=O) groups is 2. The Bertz CT molecular complexity index is 728. The van der Waals surface area contributed by atoms with Crippen LogP contribution in [0.3, 0.4) is 0 Å². The summed E-state index contributed by atoms with van der Waals surface area (Å²) in [7, 11) is 0. The Labute approximate surface area is 163 Å². The molecule has 27 heavy (non-hydrogen) atoms. The van der Waals surface area contributed by atoms with Crippen molar-refractivity contribution in [2.24, 2.45) is 23.7 Å². The van der Waals surface area contributed by atoms with Crippen molar-refractivity contribution in [3.63, 3.8) is 0 Å². The van der Waals surface area contributed by atoms with E-state index in [1.54, 1.807) is 6.92 Å². The zero-order valence-corrected chi connectivity index (χ0v) is 16.0. The van der Waals surface area contributed by atoms with Crippen molar-refractivity contribution < 1.29 is 29.6 Å². The van der Waals surface area contributed by atoms with Crippen LogP contribution in [0, 0.1) is 23.7 Å². The molecule has 7 heteroatoms. The Morgan fingerprint density at radius 1 is 1.44 bits per heavy atom. The molecule has 0 unspecified atom stereocenters. The molecule has 0 spiro atoms. The second-order valence-electron chi connectivity index (χ2n) is 7.83. The normalized spacial score (nSPS) is 41.8. The maximum absolute atomic E-state index is 13.0. The second kappa shape index (κ2) is 7.17. The van der Waals surface area contributed by atoms with Crippen LogP contribution in [0.25, 0.3) is 0 Å². The van der Waals surface area contributed by atoms with Crippen LogP contribution in [-0.4, -0.2) is 57.4 Å². The first-order chi connectivity index (χ1) is 12.7. The van der Waals surface area contributed by atoms with Gasteiger partial charge in [-0.15, -0.1) is 11.6 Å². The molecule has 0 radical (unpaired) electrons. The van der Waals surface area contributed by atoms with Crippen molar-refractivity contribution in [1.82, 2.24) is 0 Å². The van der Waals surface area contributed by atoms with Crippen LogP contribution in [0.15, 0.2) is 36.0 Å². The standard InChI is InChI=1S/C20H25ClO6/c1-9(4-5-22)17(24)13-6-10(2)12-7-14(23)20(26,8-21)16(12)18-15(13)11(3)19(25)27-18/h4,12-16,18,22-23,26H,2-3,5-8H2,1H3/b9-4+/t12-,13-,14-,15-,16-,18-,20+/m0/s1. The highest BCUT2D eigenvalue weighted by molar-refractivity contribution is 6.18. The summed E-state index contributed by atoms with van der Waals surface area (Å²) in [5.41, 5.74) is -0.354. The Morgan fingerprint density at radius 3 is 2.70 bits per heavy atom. The van der Waals surface area contributed by atoms with E-state index in [1.807, 2.05) is 0 Å². The average Bonchev–Trinajstić information content (AvgIpc) is 3.02. The second-order valence-corrected chi connectivity index (χ2v) is 8.10. The van der Waals surface area contributed by atoms with E-state index < -0.39 is 41.5 Å². The lowest BCUT2D eigenvalue weighted by atomic mass is 9.73. The molecule has 1 aliphatic heterocycles. The number of fused-ring (bicyclic) bond motifs is 3. The quantitative estimate of drug-likeness (QED) is 0.285. The lowest BCUT2D eigenvalue weighted by Gasteiger charge is -2.37. The number of esters is 1. The van der Waals surface area contributed by atoms with Crippen LogP contribution in [0.5, 0.6) is 0 Å². The fraction of sp³-hybridized carbons (Fsp3) is 0.600. The number of aliphatic hydroxyl groups is 3. The Hall–Kier alpha value is -1.47. The van der Waals surface area contributed by atoms with E-state index in [9.17, 15) is 19.8 Å². The molecule has 7 atom stereocenters. The minimum absolute atomic E-state index is 0.182. The third-order valence-corrected chi connectivity index (χ3v) is 6.89. The van der Waals surface area contributed by atoms with Gasteiger partial charge in [0, 0.05) is 23.3 Å². The summed E-state index contributed by atoms with van der Waals surface area (Å²) in [5, 5.41) is 30.6. The van der Waals surface area contributed by atoms with Crippen molar-refractivity contribution in [2.75, 3.05) is 12.5 Å². The van der Waals surface area contributed by atoms with Gasteiger partial charge in [-0.2, -0.15) is 0 Å². The van der Waals surface area contributed by atoms with Gasteiger partial charge in [-0.25, -0.2) is 4.79 Å². The number of allylic oxidation sites excluding steroid dienone is 2. The minimum Gasteiger partial charge on any atom is -0.458 e. The molecule has 3 aliphatic rings. The summed E-state index contributed by atoms with van der Waals surface area (Å²) in [6.07, 6.45) is 0.0694. The lowest BCUT2D eigenvalue weighted by Crippen LogP contribution is -2.51. The number of carbonyl (C=O) groups excluding carboxylic acids is 2. The molecule has 3 fully saturated rings. The first kappa shape index (κ1) is 20.3. The molecular formula is C20H25ClO6. The maximum atomic E-state index is 13.0. The Kier molecular flexibility index (Phi) is 5.38. The number of rotatable bonds is 4. The van der Waals surface area contributed by atoms with Gasteiger partial charge in [0.05, 0.1) is 18.6 Å². The van der Waals surface area contributed by atoms with Crippen molar-refractivity contribution in [3.05, 3.63) is 36.0 Å². The van der Waals surface area contributed by atoms with Crippen molar-refractivity contribution in [3.8, 4) is 0 Å². The Balaban J connectivity index is 2.09. The highest BCUT2D eigenvalue weighted by Gasteiger charge is 2.64. The molecule has 2 saturated carbocycles. The summed E-state index contributed by atoms with van der Waals surface area (Å²) >= 11 is 6.01. The van der Waals surface area contributed by atoms with E-state index in [2.05, 4.69) is 13.2 Å². The molecule has 1 heterocycles. The first-order valence-electron chi connectivity index (χ1n) is 9.03. The Morgan fingerprint density at radius 2 is 2.11 bits per heavy atom. The number of halogens is 1. The number of hydrogen-bond donors (Lipinski definition) is 3. The van der Waals surface area contributed by atoms with E-state index in [-0.39, 0.29) is 36.2 Å². The molecule has 3 rings (SSSR count). The van der Waals surface area contributed by atoms with Crippen molar-refractivity contribution in [2.45, 2.75) is 37.6 Å².